The zero-order valence-electron chi connectivity index (χ0n) is 10.9. The van der Waals surface area contributed by atoms with Crippen molar-refractivity contribution >= 4 is 21.9 Å². The van der Waals surface area contributed by atoms with Crippen LogP contribution in [0.2, 0.25) is 0 Å². The van der Waals surface area contributed by atoms with Crippen molar-refractivity contribution in [2.24, 2.45) is 10.7 Å². The van der Waals surface area contributed by atoms with E-state index in [9.17, 15) is 0 Å². The van der Waals surface area contributed by atoms with Crippen molar-refractivity contribution in [1.29, 1.82) is 0 Å². The second-order valence-corrected chi connectivity index (χ2v) is 5.61. The predicted molar refractivity (Wildman–Crippen MR) is 81.5 cm³/mol. The van der Waals surface area contributed by atoms with E-state index in [-0.39, 0.29) is 0 Å². The molecule has 0 aromatic heterocycles. The van der Waals surface area contributed by atoms with Crippen molar-refractivity contribution in [3.8, 4) is 5.75 Å². The highest BCUT2D eigenvalue weighted by Gasteiger charge is 2.14. The standard InChI is InChI=1S/C14H20BrN3O/c15-11-4-3-7-13(10-11)19-9-8-17-14(16)18-12-5-1-2-6-12/h3-4,7,10,12H,1-2,5-6,8-9H2,(H3,16,17,18). The molecule has 0 saturated heterocycles. The summed E-state index contributed by atoms with van der Waals surface area (Å²) in [7, 11) is 0. The highest BCUT2D eigenvalue weighted by Crippen LogP contribution is 2.18. The highest BCUT2D eigenvalue weighted by atomic mass is 79.9. The normalized spacial score (nSPS) is 16.6. The highest BCUT2D eigenvalue weighted by molar-refractivity contribution is 9.10. The summed E-state index contributed by atoms with van der Waals surface area (Å²) in [5.74, 6) is 1.37. The van der Waals surface area contributed by atoms with Gasteiger partial charge < -0.3 is 15.8 Å². The van der Waals surface area contributed by atoms with E-state index in [1.807, 2.05) is 24.3 Å². The average Bonchev–Trinajstić information content (AvgIpc) is 2.87. The SMILES string of the molecule is NC(=NCCOc1cccc(Br)c1)NC1CCCC1. The summed E-state index contributed by atoms with van der Waals surface area (Å²) >= 11 is 3.41. The fraction of sp³-hybridized carbons (Fsp3) is 0.500. The van der Waals surface area contributed by atoms with Crippen LogP contribution < -0.4 is 15.8 Å². The lowest BCUT2D eigenvalue weighted by atomic mass is 10.2. The van der Waals surface area contributed by atoms with E-state index in [1.165, 1.54) is 25.7 Å². The Bertz CT molecular complexity index is 430. The lowest BCUT2D eigenvalue weighted by molar-refractivity contribution is 0.328. The monoisotopic (exact) mass is 325 g/mol. The van der Waals surface area contributed by atoms with E-state index in [0.29, 0.717) is 25.2 Å². The van der Waals surface area contributed by atoms with E-state index >= 15 is 0 Å². The van der Waals surface area contributed by atoms with Gasteiger partial charge in [-0.05, 0) is 31.0 Å². The van der Waals surface area contributed by atoms with Crippen molar-refractivity contribution in [3.05, 3.63) is 28.7 Å². The molecule has 1 aliphatic carbocycles. The van der Waals surface area contributed by atoms with Gasteiger partial charge in [-0.25, -0.2) is 4.99 Å². The van der Waals surface area contributed by atoms with Crippen LogP contribution in [0.25, 0.3) is 0 Å². The van der Waals surface area contributed by atoms with Gasteiger partial charge in [-0.2, -0.15) is 0 Å². The molecule has 1 saturated carbocycles. The molecule has 0 atom stereocenters. The number of nitrogens with one attached hydrogen (secondary N) is 1. The summed E-state index contributed by atoms with van der Waals surface area (Å²) in [6.45, 7) is 1.10. The van der Waals surface area contributed by atoms with Crippen molar-refractivity contribution in [2.75, 3.05) is 13.2 Å². The third-order valence-electron chi connectivity index (χ3n) is 3.15. The lowest BCUT2D eigenvalue weighted by Gasteiger charge is -2.12. The predicted octanol–water partition coefficient (Wildman–Crippen LogP) is 2.67. The van der Waals surface area contributed by atoms with Crippen LogP contribution in [0.4, 0.5) is 0 Å². The molecule has 0 heterocycles. The molecule has 1 aromatic carbocycles. The van der Waals surface area contributed by atoms with Crippen LogP contribution in [0.1, 0.15) is 25.7 Å². The quantitative estimate of drug-likeness (QED) is 0.497. The fourth-order valence-electron chi connectivity index (χ4n) is 2.21. The fourth-order valence-corrected chi connectivity index (χ4v) is 2.59. The van der Waals surface area contributed by atoms with Gasteiger partial charge in [0.1, 0.15) is 12.4 Å². The molecule has 0 bridgehead atoms. The molecule has 1 fully saturated rings. The molecule has 0 radical (unpaired) electrons. The van der Waals surface area contributed by atoms with Crippen LogP contribution in [0, 0.1) is 0 Å². The maximum absolute atomic E-state index is 5.83. The third kappa shape index (κ3) is 5.11. The Morgan fingerprint density at radius 3 is 2.95 bits per heavy atom. The first-order chi connectivity index (χ1) is 9.24. The first kappa shape index (κ1) is 14.2. The molecule has 19 heavy (non-hydrogen) atoms. The van der Waals surface area contributed by atoms with Gasteiger partial charge in [-0.3, -0.25) is 0 Å². The number of halogens is 1. The van der Waals surface area contributed by atoms with E-state index in [1.54, 1.807) is 0 Å². The summed E-state index contributed by atoms with van der Waals surface area (Å²) in [6, 6.07) is 8.28. The molecule has 0 amide bonds. The molecule has 4 nitrogen and oxygen atoms in total. The number of nitrogens with two attached hydrogens (primary N) is 1. The molecule has 0 spiro atoms. The maximum Gasteiger partial charge on any atom is 0.188 e. The minimum atomic E-state index is 0.509. The number of guanidine groups is 1. The Morgan fingerprint density at radius 1 is 1.42 bits per heavy atom. The molecule has 5 heteroatoms. The van der Waals surface area contributed by atoms with E-state index < -0.39 is 0 Å². The number of rotatable bonds is 5. The summed E-state index contributed by atoms with van der Waals surface area (Å²) in [6.07, 6.45) is 4.98. The van der Waals surface area contributed by atoms with Crippen molar-refractivity contribution in [3.63, 3.8) is 0 Å². The van der Waals surface area contributed by atoms with Crippen LogP contribution in [-0.4, -0.2) is 25.2 Å². The summed E-state index contributed by atoms with van der Waals surface area (Å²) in [5.41, 5.74) is 5.83. The molecule has 1 aliphatic rings. The Labute approximate surface area is 122 Å². The summed E-state index contributed by atoms with van der Waals surface area (Å²) in [5, 5.41) is 3.25. The lowest BCUT2D eigenvalue weighted by Crippen LogP contribution is -2.38. The van der Waals surface area contributed by atoms with Gasteiger partial charge >= 0.3 is 0 Å². The average molecular weight is 326 g/mol. The molecule has 1 aromatic rings. The van der Waals surface area contributed by atoms with Gasteiger partial charge in [-0.1, -0.05) is 34.8 Å². The Hall–Kier alpha value is -1.23. The zero-order valence-corrected chi connectivity index (χ0v) is 12.5. The second kappa shape index (κ2) is 7.38. The Morgan fingerprint density at radius 2 is 2.21 bits per heavy atom. The van der Waals surface area contributed by atoms with Crippen molar-refractivity contribution < 1.29 is 4.74 Å². The van der Waals surface area contributed by atoms with Gasteiger partial charge in [0.15, 0.2) is 5.96 Å². The molecule has 3 N–H and O–H groups in total. The number of nitrogens with zero attached hydrogens (tertiary/aromatic N) is 1. The largest absolute Gasteiger partial charge is 0.492 e. The van der Waals surface area contributed by atoms with Crippen LogP contribution in [0.5, 0.6) is 5.75 Å². The molecule has 2 rings (SSSR count). The number of aliphatic imine (C=N–C) groups is 1. The first-order valence-electron chi connectivity index (χ1n) is 6.69. The van der Waals surface area contributed by atoms with Crippen LogP contribution in [0.15, 0.2) is 33.7 Å². The summed E-state index contributed by atoms with van der Waals surface area (Å²) < 4.78 is 6.60. The molecule has 0 aliphatic heterocycles. The van der Waals surface area contributed by atoms with Crippen molar-refractivity contribution in [1.82, 2.24) is 5.32 Å². The van der Waals surface area contributed by atoms with E-state index in [2.05, 4.69) is 26.2 Å². The number of ether oxygens (including phenoxy) is 1. The van der Waals surface area contributed by atoms with Gasteiger partial charge in [0, 0.05) is 10.5 Å². The smallest absolute Gasteiger partial charge is 0.188 e. The zero-order chi connectivity index (χ0) is 13.5. The van der Waals surface area contributed by atoms with Crippen LogP contribution in [-0.2, 0) is 0 Å². The molecule has 104 valence electrons. The topological polar surface area (TPSA) is 59.6 Å². The van der Waals surface area contributed by atoms with Crippen molar-refractivity contribution in [2.45, 2.75) is 31.7 Å². The number of hydrogen-bond donors (Lipinski definition) is 2. The van der Waals surface area contributed by atoms with Gasteiger partial charge in [0.05, 0.1) is 6.54 Å². The van der Waals surface area contributed by atoms with Gasteiger partial charge in [0.2, 0.25) is 0 Å². The maximum atomic E-state index is 5.83. The molecular formula is C14H20BrN3O. The Kier molecular flexibility index (Phi) is 5.51. The molecule has 0 unspecified atom stereocenters. The van der Waals surface area contributed by atoms with Gasteiger partial charge in [-0.15, -0.1) is 0 Å². The number of benzene rings is 1. The number of hydrogen-bond acceptors (Lipinski definition) is 2. The Balaban J connectivity index is 1.67. The van der Waals surface area contributed by atoms with E-state index in [0.717, 1.165) is 10.2 Å². The minimum Gasteiger partial charge on any atom is -0.492 e. The minimum absolute atomic E-state index is 0.509. The van der Waals surface area contributed by atoms with Crippen LogP contribution >= 0.6 is 15.9 Å². The van der Waals surface area contributed by atoms with E-state index in [4.69, 9.17) is 10.5 Å². The second-order valence-electron chi connectivity index (χ2n) is 4.70. The third-order valence-corrected chi connectivity index (χ3v) is 3.64. The summed E-state index contributed by atoms with van der Waals surface area (Å²) in [4.78, 5) is 4.27. The molecular weight excluding hydrogens is 306 g/mol. The first-order valence-corrected chi connectivity index (χ1v) is 7.48. The van der Waals surface area contributed by atoms with Crippen LogP contribution in [0.3, 0.4) is 0 Å². The van der Waals surface area contributed by atoms with Gasteiger partial charge in [0.25, 0.3) is 0 Å².